The Hall–Kier alpha value is -1.78. The van der Waals surface area contributed by atoms with Crippen LogP contribution in [0, 0.1) is 5.82 Å². The number of hydrogen-bond donors (Lipinski definition) is 1. The van der Waals surface area contributed by atoms with Gasteiger partial charge in [0, 0.05) is 5.57 Å². The molecule has 2 rings (SSSR count). The number of carbonyl (C=O) groups is 1. The maximum absolute atomic E-state index is 13.5. The van der Waals surface area contributed by atoms with E-state index in [2.05, 4.69) is 0 Å². The van der Waals surface area contributed by atoms with Crippen molar-refractivity contribution in [2.24, 2.45) is 0 Å². The number of hydrogen-bond acceptors (Lipinski definition) is 1. The van der Waals surface area contributed by atoms with E-state index in [0.29, 0.717) is 6.42 Å². The minimum absolute atomic E-state index is 0.0105. The molecule has 0 saturated heterocycles. The van der Waals surface area contributed by atoms with Crippen LogP contribution in [0.2, 0.25) is 0 Å². The van der Waals surface area contributed by atoms with Crippen molar-refractivity contribution >= 4 is 11.5 Å². The molecule has 0 spiro atoms. The summed E-state index contributed by atoms with van der Waals surface area (Å²) in [6.07, 6.45) is 1.68. The molecule has 0 bridgehead atoms. The summed E-state index contributed by atoms with van der Waals surface area (Å²) in [6, 6.07) is 3.80. The predicted molar refractivity (Wildman–Crippen MR) is 55.3 cm³/mol. The van der Waals surface area contributed by atoms with Gasteiger partial charge >= 0.3 is 11.9 Å². The third-order valence-electron chi connectivity index (χ3n) is 2.76. The molecule has 1 N–H and O–H groups in total. The molecule has 17 heavy (non-hydrogen) atoms. The summed E-state index contributed by atoms with van der Waals surface area (Å²) < 4.78 is 40.3. The molecule has 5 heteroatoms. The van der Waals surface area contributed by atoms with Crippen molar-refractivity contribution in [3.05, 3.63) is 41.2 Å². The average Bonchev–Trinajstić information content (AvgIpc) is 2.28. The Bertz CT molecular complexity index is 506. The first kappa shape index (κ1) is 11.7. The van der Waals surface area contributed by atoms with Gasteiger partial charge in [0.15, 0.2) is 0 Å². The largest absolute Gasteiger partial charge is 0.477 e. The summed E-state index contributed by atoms with van der Waals surface area (Å²) in [5, 5.41) is 8.50. The molecule has 2 nitrogen and oxygen atoms in total. The van der Waals surface area contributed by atoms with Gasteiger partial charge in [-0.25, -0.2) is 9.18 Å². The summed E-state index contributed by atoms with van der Waals surface area (Å²) in [5.74, 6) is -6.78. The molecule has 0 aliphatic heterocycles. The summed E-state index contributed by atoms with van der Waals surface area (Å²) in [6.45, 7) is 0. The number of carboxylic acid groups (broad SMARTS) is 1. The van der Waals surface area contributed by atoms with Gasteiger partial charge in [-0.2, -0.15) is 8.78 Å². The van der Waals surface area contributed by atoms with Crippen molar-refractivity contribution in [3.63, 3.8) is 0 Å². The van der Waals surface area contributed by atoms with E-state index in [1.165, 1.54) is 18.2 Å². The Balaban J connectivity index is 2.57. The number of rotatable bonds is 2. The molecular formula is C12H9F3O2. The lowest BCUT2D eigenvalue weighted by atomic mass is 9.87. The molecule has 0 saturated carbocycles. The molecule has 0 unspecified atom stereocenters. The average molecular weight is 242 g/mol. The highest BCUT2D eigenvalue weighted by Crippen LogP contribution is 2.38. The number of aliphatic carboxylic acids is 1. The van der Waals surface area contributed by atoms with Crippen LogP contribution in [0.1, 0.15) is 17.5 Å². The van der Waals surface area contributed by atoms with Crippen LogP contribution < -0.4 is 0 Å². The fourth-order valence-electron chi connectivity index (χ4n) is 1.95. The molecule has 0 heterocycles. The zero-order chi connectivity index (χ0) is 12.6. The Labute approximate surface area is 95.4 Å². The number of benzene rings is 1. The Kier molecular flexibility index (Phi) is 2.69. The van der Waals surface area contributed by atoms with Gasteiger partial charge in [0.25, 0.3) is 0 Å². The molecule has 0 radical (unpaired) electrons. The topological polar surface area (TPSA) is 37.3 Å². The SMILES string of the molecule is O=C(O)C(F)(F)C1=CCCc2c(F)cccc21. The van der Waals surface area contributed by atoms with E-state index in [9.17, 15) is 18.0 Å². The summed E-state index contributed by atoms with van der Waals surface area (Å²) in [4.78, 5) is 10.5. The molecule has 1 aliphatic rings. The van der Waals surface area contributed by atoms with Gasteiger partial charge in [-0.15, -0.1) is 0 Å². The van der Waals surface area contributed by atoms with E-state index >= 15 is 0 Å². The van der Waals surface area contributed by atoms with Crippen LogP contribution in [0.25, 0.3) is 5.57 Å². The van der Waals surface area contributed by atoms with Crippen molar-refractivity contribution in [1.29, 1.82) is 0 Å². The smallest absolute Gasteiger partial charge is 0.379 e. The highest BCUT2D eigenvalue weighted by atomic mass is 19.3. The number of fused-ring (bicyclic) bond motifs is 1. The van der Waals surface area contributed by atoms with E-state index in [-0.39, 0.29) is 17.5 Å². The third-order valence-corrected chi connectivity index (χ3v) is 2.76. The first-order valence-electron chi connectivity index (χ1n) is 5.04. The lowest BCUT2D eigenvalue weighted by molar-refractivity contribution is -0.156. The number of carboxylic acids is 1. The Morgan fingerprint density at radius 1 is 1.35 bits per heavy atom. The van der Waals surface area contributed by atoms with E-state index in [4.69, 9.17) is 5.11 Å². The molecule has 0 fully saturated rings. The second-order valence-electron chi connectivity index (χ2n) is 3.80. The fraction of sp³-hybridized carbons (Fsp3) is 0.250. The minimum Gasteiger partial charge on any atom is -0.477 e. The molecule has 0 atom stereocenters. The van der Waals surface area contributed by atoms with Gasteiger partial charge in [0.1, 0.15) is 5.82 Å². The Morgan fingerprint density at radius 2 is 2.06 bits per heavy atom. The summed E-state index contributed by atoms with van der Waals surface area (Å²) >= 11 is 0. The van der Waals surface area contributed by atoms with Gasteiger partial charge in [-0.1, -0.05) is 18.2 Å². The zero-order valence-electron chi connectivity index (χ0n) is 8.71. The fourth-order valence-corrected chi connectivity index (χ4v) is 1.95. The van der Waals surface area contributed by atoms with Crippen molar-refractivity contribution in [2.75, 3.05) is 0 Å². The molecule has 1 aromatic rings. The maximum atomic E-state index is 13.5. The molecule has 1 aliphatic carbocycles. The van der Waals surface area contributed by atoms with Gasteiger partial charge < -0.3 is 5.11 Å². The zero-order valence-corrected chi connectivity index (χ0v) is 8.71. The summed E-state index contributed by atoms with van der Waals surface area (Å²) in [7, 11) is 0. The van der Waals surface area contributed by atoms with E-state index in [0.717, 1.165) is 6.08 Å². The first-order chi connectivity index (χ1) is 7.94. The van der Waals surface area contributed by atoms with Crippen LogP contribution >= 0.6 is 0 Å². The van der Waals surface area contributed by atoms with Gasteiger partial charge in [0.05, 0.1) is 0 Å². The molecule has 0 aromatic heterocycles. The predicted octanol–water partition coefficient (Wildman–Crippen LogP) is 2.88. The molecular weight excluding hydrogens is 233 g/mol. The summed E-state index contributed by atoms with van der Waals surface area (Å²) in [5.41, 5.74) is -0.472. The number of allylic oxidation sites excluding steroid dienone is 1. The minimum atomic E-state index is -3.98. The van der Waals surface area contributed by atoms with Gasteiger partial charge in [0.2, 0.25) is 0 Å². The van der Waals surface area contributed by atoms with Crippen molar-refractivity contribution in [3.8, 4) is 0 Å². The maximum Gasteiger partial charge on any atom is 0.379 e. The number of alkyl halides is 2. The van der Waals surface area contributed by atoms with Crippen LogP contribution in [0.15, 0.2) is 24.3 Å². The number of halogens is 3. The lowest BCUT2D eigenvalue weighted by Gasteiger charge is -2.22. The van der Waals surface area contributed by atoms with Crippen LogP contribution in [-0.4, -0.2) is 17.0 Å². The van der Waals surface area contributed by atoms with Gasteiger partial charge in [-0.05, 0) is 30.0 Å². The van der Waals surface area contributed by atoms with E-state index < -0.39 is 23.3 Å². The van der Waals surface area contributed by atoms with Crippen molar-refractivity contribution in [2.45, 2.75) is 18.8 Å². The standard InChI is InChI=1S/C12H9F3O2/c13-10-6-2-3-7-8(10)4-1-5-9(7)12(14,15)11(16)17/h2-3,5-6H,1,4H2,(H,16,17). The van der Waals surface area contributed by atoms with Crippen molar-refractivity contribution in [1.82, 2.24) is 0 Å². The van der Waals surface area contributed by atoms with Crippen LogP contribution in [-0.2, 0) is 11.2 Å². The third kappa shape index (κ3) is 1.81. The molecule has 90 valence electrons. The Morgan fingerprint density at radius 3 is 2.71 bits per heavy atom. The van der Waals surface area contributed by atoms with Crippen LogP contribution in [0.5, 0.6) is 0 Å². The normalized spacial score (nSPS) is 15.1. The monoisotopic (exact) mass is 242 g/mol. The first-order valence-corrected chi connectivity index (χ1v) is 5.04. The lowest BCUT2D eigenvalue weighted by Crippen LogP contribution is -2.31. The molecule has 0 amide bonds. The van der Waals surface area contributed by atoms with Gasteiger partial charge in [-0.3, -0.25) is 0 Å². The second-order valence-corrected chi connectivity index (χ2v) is 3.80. The van der Waals surface area contributed by atoms with Crippen LogP contribution in [0.3, 0.4) is 0 Å². The highest BCUT2D eigenvalue weighted by molar-refractivity contribution is 5.94. The second kappa shape index (κ2) is 3.91. The van der Waals surface area contributed by atoms with E-state index in [1.807, 2.05) is 0 Å². The quantitative estimate of drug-likeness (QED) is 0.865. The van der Waals surface area contributed by atoms with Crippen molar-refractivity contribution < 1.29 is 23.1 Å². The molecule has 1 aromatic carbocycles. The highest BCUT2D eigenvalue weighted by Gasteiger charge is 2.45. The van der Waals surface area contributed by atoms with E-state index in [1.54, 1.807) is 0 Å². The van der Waals surface area contributed by atoms with Crippen LogP contribution in [0.4, 0.5) is 13.2 Å².